The highest BCUT2D eigenvalue weighted by Crippen LogP contribution is 2.52. The second-order valence-electron chi connectivity index (χ2n) is 11.2. The van der Waals surface area contributed by atoms with Gasteiger partial charge in [0.1, 0.15) is 0 Å². The average molecular weight is 442 g/mol. The van der Waals surface area contributed by atoms with Gasteiger partial charge in [0.2, 0.25) is 0 Å². The number of para-hydroxylation sites is 1. The van der Waals surface area contributed by atoms with E-state index in [1.165, 1.54) is 59.7 Å². The number of aryl methyl sites for hydroxylation is 1. The first-order valence-corrected chi connectivity index (χ1v) is 13.3. The van der Waals surface area contributed by atoms with Gasteiger partial charge in [-0.15, -0.1) is 0 Å². The van der Waals surface area contributed by atoms with Crippen molar-refractivity contribution >= 4 is 10.9 Å². The van der Waals surface area contributed by atoms with Gasteiger partial charge in [0.05, 0.1) is 0 Å². The monoisotopic (exact) mass is 441 g/mol. The molecule has 2 bridgehead atoms. The third-order valence-electron chi connectivity index (χ3n) is 9.02. The number of fused-ring (bicyclic) bond motifs is 3. The molecule has 0 radical (unpaired) electrons. The van der Waals surface area contributed by atoms with Crippen molar-refractivity contribution in [2.75, 3.05) is 19.6 Å². The molecule has 174 valence electrons. The van der Waals surface area contributed by atoms with Crippen LogP contribution >= 0.6 is 0 Å². The molecular weight excluding hydrogens is 402 g/mol. The SMILES string of the molecule is Cc1cccc(C(CCN2CCC(N)CC2)c2cn(C3CC4CCC3C4)c3ccccc23)c1. The van der Waals surface area contributed by atoms with Crippen LogP contribution in [0.5, 0.6) is 0 Å². The molecule has 3 aromatic rings. The predicted molar refractivity (Wildman–Crippen MR) is 138 cm³/mol. The number of likely N-dealkylation sites (tertiary alicyclic amines) is 1. The zero-order valence-electron chi connectivity index (χ0n) is 20.1. The minimum atomic E-state index is 0.397. The number of hydrogen-bond acceptors (Lipinski definition) is 2. The largest absolute Gasteiger partial charge is 0.344 e. The van der Waals surface area contributed by atoms with Gasteiger partial charge < -0.3 is 15.2 Å². The summed E-state index contributed by atoms with van der Waals surface area (Å²) in [5.74, 6) is 2.28. The fourth-order valence-electron chi connectivity index (χ4n) is 7.21. The summed E-state index contributed by atoms with van der Waals surface area (Å²) in [6.07, 6.45) is 11.7. The molecule has 3 heteroatoms. The minimum absolute atomic E-state index is 0.397. The van der Waals surface area contributed by atoms with Crippen molar-refractivity contribution in [1.29, 1.82) is 0 Å². The van der Waals surface area contributed by atoms with Crippen molar-refractivity contribution in [2.24, 2.45) is 17.6 Å². The highest BCUT2D eigenvalue weighted by molar-refractivity contribution is 5.85. The van der Waals surface area contributed by atoms with Crippen LogP contribution in [0.15, 0.2) is 54.7 Å². The number of piperidine rings is 1. The van der Waals surface area contributed by atoms with Crippen LogP contribution in [0.2, 0.25) is 0 Å². The average Bonchev–Trinajstić information content (AvgIpc) is 3.55. The summed E-state index contributed by atoms with van der Waals surface area (Å²) in [5.41, 5.74) is 12.0. The normalized spacial score (nSPS) is 26.9. The third-order valence-corrected chi connectivity index (χ3v) is 9.02. The maximum absolute atomic E-state index is 6.17. The van der Waals surface area contributed by atoms with Crippen molar-refractivity contribution in [2.45, 2.75) is 69.9 Å². The summed E-state index contributed by atoms with van der Waals surface area (Å²) in [5, 5.41) is 1.47. The lowest BCUT2D eigenvalue weighted by molar-refractivity contribution is 0.208. The van der Waals surface area contributed by atoms with E-state index in [1.807, 2.05) is 0 Å². The molecule has 4 atom stereocenters. The molecule has 4 unspecified atom stereocenters. The molecule has 2 N–H and O–H groups in total. The molecule has 3 nitrogen and oxygen atoms in total. The first-order valence-electron chi connectivity index (χ1n) is 13.3. The van der Waals surface area contributed by atoms with Gasteiger partial charge in [-0.05, 0) is 94.1 Å². The fraction of sp³-hybridized carbons (Fsp3) is 0.533. The van der Waals surface area contributed by atoms with Gasteiger partial charge in [-0.25, -0.2) is 0 Å². The van der Waals surface area contributed by atoms with E-state index in [9.17, 15) is 0 Å². The number of aromatic nitrogens is 1. The molecule has 3 fully saturated rings. The Bertz CT molecular complexity index is 1110. The maximum atomic E-state index is 6.17. The van der Waals surface area contributed by atoms with E-state index in [0.717, 1.165) is 44.3 Å². The lowest BCUT2D eigenvalue weighted by Gasteiger charge is -2.31. The van der Waals surface area contributed by atoms with Gasteiger partial charge in [-0.2, -0.15) is 0 Å². The Balaban J connectivity index is 1.37. The highest BCUT2D eigenvalue weighted by Gasteiger charge is 2.41. The number of nitrogens with two attached hydrogens (primary N) is 1. The van der Waals surface area contributed by atoms with Crippen LogP contribution in [0.4, 0.5) is 0 Å². The molecule has 1 aliphatic heterocycles. The topological polar surface area (TPSA) is 34.2 Å². The second kappa shape index (κ2) is 8.92. The van der Waals surface area contributed by atoms with Crippen molar-refractivity contribution in [3.63, 3.8) is 0 Å². The molecule has 2 saturated carbocycles. The third kappa shape index (κ3) is 4.15. The van der Waals surface area contributed by atoms with Crippen LogP contribution < -0.4 is 5.73 Å². The summed E-state index contributed by atoms with van der Waals surface area (Å²) in [6, 6.07) is 19.5. The molecule has 2 heterocycles. The molecule has 3 aliphatic rings. The number of benzene rings is 2. The number of hydrogen-bond donors (Lipinski definition) is 1. The molecule has 0 spiro atoms. The Labute approximate surface area is 199 Å². The zero-order valence-corrected chi connectivity index (χ0v) is 20.1. The Morgan fingerprint density at radius 1 is 0.970 bits per heavy atom. The van der Waals surface area contributed by atoms with Crippen molar-refractivity contribution in [1.82, 2.24) is 9.47 Å². The smallest absolute Gasteiger partial charge is 0.0486 e. The molecule has 1 aromatic heterocycles. The van der Waals surface area contributed by atoms with E-state index < -0.39 is 0 Å². The maximum Gasteiger partial charge on any atom is 0.0486 e. The summed E-state index contributed by atoms with van der Waals surface area (Å²) in [7, 11) is 0. The summed E-state index contributed by atoms with van der Waals surface area (Å²) in [4.78, 5) is 2.64. The fourth-order valence-corrected chi connectivity index (χ4v) is 7.21. The van der Waals surface area contributed by atoms with Gasteiger partial charge in [0, 0.05) is 35.1 Å². The lowest BCUT2D eigenvalue weighted by atomic mass is 9.87. The van der Waals surface area contributed by atoms with Crippen LogP contribution in [-0.2, 0) is 0 Å². The van der Waals surface area contributed by atoms with Crippen LogP contribution in [0.3, 0.4) is 0 Å². The first-order chi connectivity index (χ1) is 16.2. The van der Waals surface area contributed by atoms with E-state index >= 15 is 0 Å². The van der Waals surface area contributed by atoms with Gasteiger partial charge >= 0.3 is 0 Å². The number of nitrogens with zero attached hydrogens (tertiary/aromatic N) is 2. The quantitative estimate of drug-likeness (QED) is 0.490. The zero-order chi connectivity index (χ0) is 22.4. The van der Waals surface area contributed by atoms with E-state index in [-0.39, 0.29) is 0 Å². The van der Waals surface area contributed by atoms with E-state index in [2.05, 4.69) is 71.1 Å². The van der Waals surface area contributed by atoms with Crippen molar-refractivity contribution in [3.8, 4) is 0 Å². The highest BCUT2D eigenvalue weighted by atomic mass is 15.1. The Morgan fingerprint density at radius 3 is 2.58 bits per heavy atom. The van der Waals surface area contributed by atoms with E-state index in [0.29, 0.717) is 18.0 Å². The van der Waals surface area contributed by atoms with Crippen LogP contribution in [0, 0.1) is 18.8 Å². The minimum Gasteiger partial charge on any atom is -0.344 e. The molecule has 6 rings (SSSR count). The van der Waals surface area contributed by atoms with Gasteiger partial charge in [-0.3, -0.25) is 0 Å². The Hall–Kier alpha value is -2.10. The standard InChI is InChI=1S/C30H39N3/c1-21-5-4-6-23(17-21)26(13-16-32-14-11-25(31)12-15-32)28-20-33(29-8-3-2-7-27(28)29)30-19-22-9-10-24(30)18-22/h2-8,17,20,22,24-26,30H,9-16,18-19,31H2,1H3. The summed E-state index contributed by atoms with van der Waals surface area (Å²) < 4.78 is 2.69. The molecule has 1 saturated heterocycles. The summed E-state index contributed by atoms with van der Waals surface area (Å²) in [6.45, 7) is 5.67. The van der Waals surface area contributed by atoms with E-state index in [4.69, 9.17) is 5.73 Å². The first kappa shape index (κ1) is 21.4. The Morgan fingerprint density at radius 2 is 1.82 bits per heavy atom. The molecular formula is C30H39N3. The van der Waals surface area contributed by atoms with Crippen LogP contribution in [0.25, 0.3) is 10.9 Å². The lowest BCUT2D eigenvalue weighted by Crippen LogP contribution is -2.40. The molecule has 0 amide bonds. The van der Waals surface area contributed by atoms with Gasteiger partial charge in [-0.1, -0.05) is 54.4 Å². The van der Waals surface area contributed by atoms with Crippen molar-refractivity contribution in [3.05, 3.63) is 71.4 Å². The van der Waals surface area contributed by atoms with E-state index in [1.54, 1.807) is 0 Å². The molecule has 2 aliphatic carbocycles. The summed E-state index contributed by atoms with van der Waals surface area (Å²) >= 11 is 0. The number of rotatable bonds is 6. The van der Waals surface area contributed by atoms with Gasteiger partial charge in [0.15, 0.2) is 0 Å². The predicted octanol–water partition coefficient (Wildman–Crippen LogP) is 6.26. The van der Waals surface area contributed by atoms with Crippen LogP contribution in [-0.4, -0.2) is 35.1 Å². The molecule has 2 aromatic carbocycles. The Kier molecular flexibility index (Phi) is 5.80. The van der Waals surface area contributed by atoms with Gasteiger partial charge in [0.25, 0.3) is 0 Å². The van der Waals surface area contributed by atoms with Crippen molar-refractivity contribution < 1.29 is 0 Å². The second-order valence-corrected chi connectivity index (χ2v) is 11.2. The van der Waals surface area contributed by atoms with Crippen LogP contribution in [0.1, 0.15) is 73.6 Å². The molecule has 33 heavy (non-hydrogen) atoms.